The summed E-state index contributed by atoms with van der Waals surface area (Å²) in [7, 11) is 0. The molecule has 1 amide bonds. The van der Waals surface area contributed by atoms with Crippen molar-refractivity contribution < 1.29 is 37.3 Å². The Morgan fingerprint density at radius 1 is 1.00 bits per heavy atom. The fourth-order valence-corrected chi connectivity index (χ4v) is 4.19. The molecule has 0 saturated carbocycles. The van der Waals surface area contributed by atoms with Gasteiger partial charge in [0.2, 0.25) is 5.90 Å². The second kappa shape index (κ2) is 12.2. The van der Waals surface area contributed by atoms with E-state index in [1.807, 2.05) is 30.3 Å². The van der Waals surface area contributed by atoms with Crippen LogP contribution in [0.4, 0.5) is 13.2 Å². The Balaban J connectivity index is 1.53. The lowest BCUT2D eigenvalue weighted by Gasteiger charge is -2.28. The lowest BCUT2D eigenvalue weighted by atomic mass is 9.86. The van der Waals surface area contributed by atoms with E-state index in [0.717, 1.165) is 5.56 Å². The number of hydrogen-bond acceptors (Lipinski definition) is 6. The minimum atomic E-state index is -4.78. The predicted octanol–water partition coefficient (Wildman–Crippen LogP) is 4.81. The molecule has 0 aromatic heterocycles. The molecule has 39 heavy (non-hydrogen) atoms. The molecule has 0 saturated heterocycles. The van der Waals surface area contributed by atoms with Gasteiger partial charge in [-0.15, -0.1) is 13.2 Å². The number of alkyl halides is 3. The van der Waals surface area contributed by atoms with Crippen LogP contribution in [0.5, 0.6) is 11.5 Å². The Morgan fingerprint density at radius 3 is 2.31 bits per heavy atom. The largest absolute Gasteiger partial charge is 0.573 e. The van der Waals surface area contributed by atoms with Crippen LogP contribution in [-0.4, -0.2) is 48.1 Å². The van der Waals surface area contributed by atoms with Crippen molar-refractivity contribution in [1.82, 2.24) is 5.32 Å². The highest BCUT2D eigenvalue weighted by molar-refractivity contribution is 6.00. The van der Waals surface area contributed by atoms with Crippen LogP contribution in [0.15, 0.2) is 83.9 Å². The summed E-state index contributed by atoms with van der Waals surface area (Å²) < 4.78 is 52.9. The summed E-state index contributed by atoms with van der Waals surface area (Å²) in [6.45, 7) is 2.31. The van der Waals surface area contributed by atoms with E-state index in [1.165, 1.54) is 24.3 Å². The molecule has 1 aliphatic heterocycles. The summed E-state index contributed by atoms with van der Waals surface area (Å²) in [6, 6.07) is 21.9. The first-order valence-electron chi connectivity index (χ1n) is 12.5. The average molecular weight is 543 g/mol. The monoisotopic (exact) mass is 542 g/mol. The van der Waals surface area contributed by atoms with Gasteiger partial charge in [-0.3, -0.25) is 4.79 Å². The van der Waals surface area contributed by atoms with Crippen LogP contribution in [0.2, 0.25) is 0 Å². The van der Waals surface area contributed by atoms with Gasteiger partial charge in [-0.25, -0.2) is 4.99 Å². The van der Waals surface area contributed by atoms with Gasteiger partial charge in [0, 0.05) is 31.6 Å². The minimum absolute atomic E-state index is 0.0456. The van der Waals surface area contributed by atoms with E-state index >= 15 is 0 Å². The van der Waals surface area contributed by atoms with Gasteiger partial charge in [0.15, 0.2) is 5.54 Å². The second-order valence-electron chi connectivity index (χ2n) is 9.09. The zero-order valence-electron chi connectivity index (χ0n) is 21.3. The zero-order valence-corrected chi connectivity index (χ0v) is 21.3. The van der Waals surface area contributed by atoms with Crippen LogP contribution in [0.25, 0.3) is 0 Å². The summed E-state index contributed by atoms with van der Waals surface area (Å²) in [5.41, 5.74) is 0.904. The summed E-state index contributed by atoms with van der Waals surface area (Å²) >= 11 is 0. The van der Waals surface area contributed by atoms with E-state index in [0.29, 0.717) is 35.8 Å². The highest BCUT2D eigenvalue weighted by Crippen LogP contribution is 2.33. The summed E-state index contributed by atoms with van der Waals surface area (Å²) in [5.74, 6) is 0.256. The molecule has 0 spiro atoms. The molecule has 2 atom stereocenters. The van der Waals surface area contributed by atoms with Gasteiger partial charge in [0.25, 0.3) is 5.91 Å². The van der Waals surface area contributed by atoms with Gasteiger partial charge in [0.05, 0.1) is 6.61 Å². The lowest BCUT2D eigenvalue weighted by molar-refractivity contribution is -0.274. The molecule has 0 radical (unpaired) electrons. The van der Waals surface area contributed by atoms with Crippen LogP contribution in [0.3, 0.4) is 0 Å². The third-order valence-electron chi connectivity index (χ3n) is 6.25. The topological polar surface area (TPSA) is 89.4 Å². The second-order valence-corrected chi connectivity index (χ2v) is 9.09. The number of halogens is 3. The molecule has 2 N–H and O–H groups in total. The Kier molecular flexibility index (Phi) is 8.75. The van der Waals surface area contributed by atoms with Crippen molar-refractivity contribution in [3.63, 3.8) is 0 Å². The van der Waals surface area contributed by atoms with Gasteiger partial charge in [-0.2, -0.15) is 0 Å². The molecule has 0 fully saturated rings. The van der Waals surface area contributed by atoms with Gasteiger partial charge in [-0.1, -0.05) is 42.5 Å². The first-order chi connectivity index (χ1) is 18.7. The maximum atomic E-state index is 13.7. The number of nitrogens with one attached hydrogen (secondary N) is 1. The molecular weight excluding hydrogens is 513 g/mol. The summed E-state index contributed by atoms with van der Waals surface area (Å²) in [5, 5.41) is 11.8. The summed E-state index contributed by atoms with van der Waals surface area (Å²) in [6.07, 6.45) is -4.57. The number of carbonyl (C=O) groups is 1. The molecule has 4 rings (SSSR count). The van der Waals surface area contributed by atoms with Crippen LogP contribution >= 0.6 is 0 Å². The van der Waals surface area contributed by atoms with Crippen molar-refractivity contribution in [3.05, 3.63) is 95.6 Å². The number of ether oxygens (including phenoxy) is 3. The Hall–Kier alpha value is -4.05. The van der Waals surface area contributed by atoms with E-state index < -0.39 is 18.0 Å². The molecule has 10 heteroatoms. The number of nitrogens with zero attached hydrogens (tertiary/aromatic N) is 1. The quantitative estimate of drug-likeness (QED) is 0.340. The third kappa shape index (κ3) is 7.29. The minimum Gasteiger partial charge on any atom is -0.494 e. The predicted molar refractivity (Wildman–Crippen MR) is 139 cm³/mol. The lowest BCUT2D eigenvalue weighted by Crippen LogP contribution is -2.52. The average Bonchev–Trinajstić information content (AvgIpc) is 3.25. The number of carbonyl (C=O) groups excluding carboxylic acids is 1. The van der Waals surface area contributed by atoms with E-state index in [-0.39, 0.29) is 31.2 Å². The van der Waals surface area contributed by atoms with Crippen molar-refractivity contribution >= 4 is 11.8 Å². The highest BCUT2D eigenvalue weighted by atomic mass is 19.4. The van der Waals surface area contributed by atoms with Gasteiger partial charge in [-0.05, 0) is 54.4 Å². The Morgan fingerprint density at radius 2 is 1.67 bits per heavy atom. The molecule has 7 nitrogen and oxygen atoms in total. The molecule has 0 unspecified atom stereocenters. The van der Waals surface area contributed by atoms with Crippen LogP contribution in [0.1, 0.15) is 30.0 Å². The van der Waals surface area contributed by atoms with E-state index in [9.17, 15) is 18.0 Å². The van der Waals surface area contributed by atoms with E-state index in [4.69, 9.17) is 19.6 Å². The van der Waals surface area contributed by atoms with E-state index in [1.54, 1.807) is 31.2 Å². The van der Waals surface area contributed by atoms with Crippen LogP contribution in [0, 0.1) is 0 Å². The zero-order chi connectivity index (χ0) is 27.9. The van der Waals surface area contributed by atoms with Crippen molar-refractivity contribution in [1.29, 1.82) is 0 Å². The maximum absolute atomic E-state index is 13.7. The molecule has 0 bridgehead atoms. The first-order valence-corrected chi connectivity index (χ1v) is 12.5. The standard InChI is InChI=1S/C29H29F3N2O5/c1-20-28(18-21-6-3-2-4-7-21,27(36)33-19-22-8-12-25(13-9-22)39-29(30,31)32)34-26(38-20)23-10-14-24(15-11-23)37-17-5-16-35/h2-4,6-15,20,35H,5,16-19H2,1H3,(H,33,36)/t20-,28-/m1/s1. The fourth-order valence-electron chi connectivity index (χ4n) is 4.19. The molecule has 1 heterocycles. The maximum Gasteiger partial charge on any atom is 0.573 e. The van der Waals surface area contributed by atoms with Gasteiger partial charge >= 0.3 is 6.36 Å². The number of aliphatic hydroxyl groups is 1. The molecule has 206 valence electrons. The number of aliphatic imine (C=N–C) groups is 1. The molecule has 3 aromatic carbocycles. The number of benzene rings is 3. The molecule has 3 aromatic rings. The first kappa shape index (κ1) is 28.0. The SMILES string of the molecule is C[C@H]1OC(c2ccc(OCCCO)cc2)=N[C@@]1(Cc1ccccc1)C(=O)NCc1ccc(OC(F)(F)F)cc1. The van der Waals surface area contributed by atoms with Crippen molar-refractivity contribution in [2.75, 3.05) is 13.2 Å². The summed E-state index contributed by atoms with van der Waals surface area (Å²) in [4.78, 5) is 18.5. The molecular formula is C29H29F3N2O5. The van der Waals surface area contributed by atoms with Crippen LogP contribution in [-0.2, 0) is 22.5 Å². The van der Waals surface area contributed by atoms with Gasteiger partial charge < -0.3 is 24.6 Å². The normalized spacial score (nSPS) is 18.7. The highest BCUT2D eigenvalue weighted by Gasteiger charge is 2.50. The molecule has 0 aliphatic carbocycles. The van der Waals surface area contributed by atoms with E-state index in [2.05, 4.69) is 10.1 Å². The van der Waals surface area contributed by atoms with Gasteiger partial charge in [0.1, 0.15) is 17.6 Å². The Labute approximate surface area is 224 Å². The number of amides is 1. The Bertz CT molecular complexity index is 1260. The third-order valence-corrected chi connectivity index (χ3v) is 6.25. The van der Waals surface area contributed by atoms with Crippen molar-refractivity contribution in [2.45, 2.75) is 44.3 Å². The molecule has 1 aliphatic rings. The van der Waals surface area contributed by atoms with Crippen molar-refractivity contribution in [2.24, 2.45) is 4.99 Å². The van der Waals surface area contributed by atoms with Crippen LogP contribution < -0.4 is 14.8 Å². The smallest absolute Gasteiger partial charge is 0.494 e. The number of rotatable bonds is 11. The number of hydrogen-bond donors (Lipinski definition) is 2. The van der Waals surface area contributed by atoms with Crippen molar-refractivity contribution in [3.8, 4) is 11.5 Å². The number of aliphatic hydroxyl groups excluding tert-OH is 1. The fraction of sp³-hybridized carbons (Fsp3) is 0.310.